The molecule has 1 aromatic rings. The van der Waals surface area contributed by atoms with E-state index in [2.05, 4.69) is 55.9 Å². The molecule has 0 bridgehead atoms. The first-order valence-corrected chi connectivity index (χ1v) is 7.47. The van der Waals surface area contributed by atoms with Crippen molar-refractivity contribution in [1.29, 1.82) is 0 Å². The van der Waals surface area contributed by atoms with Crippen molar-refractivity contribution in [3.05, 3.63) is 16.0 Å². The lowest BCUT2D eigenvalue weighted by Gasteiger charge is -2.14. The van der Waals surface area contributed by atoms with Crippen molar-refractivity contribution in [3.8, 4) is 0 Å². The van der Waals surface area contributed by atoms with Crippen LogP contribution in [0.5, 0.6) is 0 Å². The Labute approximate surface area is 118 Å². The van der Waals surface area contributed by atoms with Gasteiger partial charge in [0, 0.05) is 12.5 Å². The minimum Gasteiger partial charge on any atom is -0.369 e. The predicted octanol–water partition coefficient (Wildman–Crippen LogP) is 4.31. The first-order valence-electron chi connectivity index (χ1n) is 6.68. The third-order valence-electron chi connectivity index (χ3n) is 3.61. The molecule has 100 valence electrons. The highest BCUT2D eigenvalue weighted by Crippen LogP contribution is 2.58. The molecule has 1 aromatic heterocycles. The fourth-order valence-corrected chi connectivity index (χ4v) is 2.99. The van der Waals surface area contributed by atoms with Crippen LogP contribution >= 0.6 is 15.9 Å². The fraction of sp³-hybridized carbons (Fsp3) is 0.714. The zero-order valence-corrected chi connectivity index (χ0v) is 13.4. The standard InChI is InChI=1S/C14H22BrN3/c1-6-16-13-10(15)11(8(2)3)17-12(18-13)9-7-14(9,4)5/h8-9H,6-7H2,1-5H3,(H,16,17,18). The van der Waals surface area contributed by atoms with Crippen LogP contribution < -0.4 is 5.32 Å². The van der Waals surface area contributed by atoms with Crippen molar-refractivity contribution in [2.45, 2.75) is 52.9 Å². The van der Waals surface area contributed by atoms with Gasteiger partial charge in [0.15, 0.2) is 0 Å². The normalized spacial score (nSPS) is 21.2. The van der Waals surface area contributed by atoms with E-state index in [0.717, 1.165) is 28.4 Å². The van der Waals surface area contributed by atoms with E-state index in [4.69, 9.17) is 9.97 Å². The third-order valence-corrected chi connectivity index (χ3v) is 4.39. The SMILES string of the molecule is CCNc1nc(C2CC2(C)C)nc(C(C)C)c1Br. The number of hydrogen-bond donors (Lipinski definition) is 1. The molecule has 0 aromatic carbocycles. The molecule has 4 heteroatoms. The Morgan fingerprint density at radius 2 is 2.00 bits per heavy atom. The lowest BCUT2D eigenvalue weighted by molar-refractivity contribution is 0.605. The average molecular weight is 312 g/mol. The van der Waals surface area contributed by atoms with Gasteiger partial charge in [-0.05, 0) is 40.6 Å². The van der Waals surface area contributed by atoms with E-state index in [1.54, 1.807) is 0 Å². The van der Waals surface area contributed by atoms with E-state index in [1.807, 2.05) is 0 Å². The molecule has 1 unspecified atom stereocenters. The molecular weight excluding hydrogens is 290 g/mol. The van der Waals surface area contributed by atoms with Crippen molar-refractivity contribution < 1.29 is 0 Å². The van der Waals surface area contributed by atoms with Gasteiger partial charge in [-0.1, -0.05) is 27.7 Å². The molecule has 1 atom stereocenters. The molecule has 3 nitrogen and oxygen atoms in total. The minimum absolute atomic E-state index is 0.367. The second-order valence-electron chi connectivity index (χ2n) is 6.06. The smallest absolute Gasteiger partial charge is 0.144 e. The summed E-state index contributed by atoms with van der Waals surface area (Å²) in [4.78, 5) is 9.47. The zero-order chi connectivity index (χ0) is 13.5. The van der Waals surface area contributed by atoms with E-state index < -0.39 is 0 Å². The molecular formula is C14H22BrN3. The van der Waals surface area contributed by atoms with Gasteiger partial charge < -0.3 is 5.32 Å². The molecule has 1 aliphatic rings. The van der Waals surface area contributed by atoms with Gasteiger partial charge >= 0.3 is 0 Å². The molecule has 18 heavy (non-hydrogen) atoms. The van der Waals surface area contributed by atoms with Gasteiger partial charge in [0.2, 0.25) is 0 Å². The van der Waals surface area contributed by atoms with E-state index in [9.17, 15) is 0 Å². The van der Waals surface area contributed by atoms with Gasteiger partial charge in [-0.15, -0.1) is 0 Å². The summed E-state index contributed by atoms with van der Waals surface area (Å²) in [6.45, 7) is 11.9. The molecule has 1 heterocycles. The van der Waals surface area contributed by atoms with E-state index in [-0.39, 0.29) is 0 Å². The summed E-state index contributed by atoms with van der Waals surface area (Å²) in [7, 11) is 0. The monoisotopic (exact) mass is 311 g/mol. The van der Waals surface area contributed by atoms with Crippen LogP contribution in [0.15, 0.2) is 4.47 Å². The second-order valence-corrected chi connectivity index (χ2v) is 6.85. The van der Waals surface area contributed by atoms with E-state index in [0.29, 0.717) is 17.3 Å². The lowest BCUT2D eigenvalue weighted by atomic mass is 10.1. The summed E-state index contributed by atoms with van der Waals surface area (Å²) in [6.07, 6.45) is 1.19. The van der Waals surface area contributed by atoms with Crippen molar-refractivity contribution in [1.82, 2.24) is 9.97 Å². The van der Waals surface area contributed by atoms with Gasteiger partial charge in [0.05, 0.1) is 10.2 Å². The van der Waals surface area contributed by atoms with Crippen LogP contribution in [0.4, 0.5) is 5.82 Å². The Morgan fingerprint density at radius 3 is 2.44 bits per heavy atom. The summed E-state index contributed by atoms with van der Waals surface area (Å²) in [5.41, 5.74) is 1.48. The van der Waals surface area contributed by atoms with E-state index >= 15 is 0 Å². The van der Waals surface area contributed by atoms with Crippen molar-refractivity contribution in [2.24, 2.45) is 5.41 Å². The Balaban J connectivity index is 2.42. The van der Waals surface area contributed by atoms with E-state index in [1.165, 1.54) is 6.42 Å². The number of hydrogen-bond acceptors (Lipinski definition) is 3. The Hall–Kier alpha value is -0.640. The highest BCUT2D eigenvalue weighted by Gasteiger charge is 2.49. The first-order chi connectivity index (χ1) is 8.36. The number of halogens is 1. The maximum Gasteiger partial charge on any atom is 0.144 e. The summed E-state index contributed by atoms with van der Waals surface area (Å²) < 4.78 is 1.02. The summed E-state index contributed by atoms with van der Waals surface area (Å²) in [6, 6.07) is 0. The summed E-state index contributed by atoms with van der Waals surface area (Å²) >= 11 is 3.63. The Morgan fingerprint density at radius 1 is 1.39 bits per heavy atom. The quantitative estimate of drug-likeness (QED) is 0.900. The zero-order valence-electron chi connectivity index (χ0n) is 11.8. The molecule has 0 saturated heterocycles. The molecule has 0 radical (unpaired) electrons. The summed E-state index contributed by atoms with van der Waals surface area (Å²) in [5.74, 6) is 2.86. The predicted molar refractivity (Wildman–Crippen MR) is 79.1 cm³/mol. The second kappa shape index (κ2) is 4.80. The van der Waals surface area contributed by atoms with Gasteiger partial charge in [-0.3, -0.25) is 0 Å². The van der Waals surface area contributed by atoms with Gasteiger partial charge in [0.25, 0.3) is 0 Å². The summed E-state index contributed by atoms with van der Waals surface area (Å²) in [5, 5.41) is 3.32. The van der Waals surface area contributed by atoms with Crippen LogP contribution in [0.3, 0.4) is 0 Å². The van der Waals surface area contributed by atoms with Crippen LogP contribution in [0.1, 0.15) is 64.4 Å². The minimum atomic E-state index is 0.367. The maximum atomic E-state index is 4.77. The van der Waals surface area contributed by atoms with Crippen LogP contribution in [0.25, 0.3) is 0 Å². The van der Waals surface area contributed by atoms with Crippen LogP contribution in [-0.2, 0) is 0 Å². The van der Waals surface area contributed by atoms with Gasteiger partial charge in [0.1, 0.15) is 11.6 Å². The van der Waals surface area contributed by atoms with Crippen LogP contribution in [-0.4, -0.2) is 16.5 Å². The van der Waals surface area contributed by atoms with Crippen molar-refractivity contribution >= 4 is 21.7 Å². The number of anilines is 1. The molecule has 2 rings (SSSR count). The maximum absolute atomic E-state index is 4.77. The Bertz CT molecular complexity index is 455. The Kier molecular flexibility index (Phi) is 3.67. The molecule has 1 aliphatic carbocycles. The largest absolute Gasteiger partial charge is 0.369 e. The third kappa shape index (κ3) is 2.53. The molecule has 0 aliphatic heterocycles. The average Bonchev–Trinajstić information content (AvgIpc) is 2.90. The van der Waals surface area contributed by atoms with Gasteiger partial charge in [-0.25, -0.2) is 9.97 Å². The van der Waals surface area contributed by atoms with Crippen molar-refractivity contribution in [3.63, 3.8) is 0 Å². The van der Waals surface area contributed by atoms with Crippen molar-refractivity contribution in [2.75, 3.05) is 11.9 Å². The lowest BCUT2D eigenvalue weighted by Crippen LogP contribution is -2.09. The molecule has 1 N–H and O–H groups in total. The highest BCUT2D eigenvalue weighted by atomic mass is 79.9. The highest BCUT2D eigenvalue weighted by molar-refractivity contribution is 9.10. The van der Waals surface area contributed by atoms with Crippen LogP contribution in [0.2, 0.25) is 0 Å². The number of nitrogens with one attached hydrogen (secondary N) is 1. The number of aromatic nitrogens is 2. The molecule has 0 amide bonds. The fourth-order valence-electron chi connectivity index (χ4n) is 2.21. The first kappa shape index (κ1) is 13.8. The number of rotatable bonds is 4. The van der Waals surface area contributed by atoms with Crippen LogP contribution in [0, 0.1) is 5.41 Å². The molecule has 1 fully saturated rings. The number of nitrogens with zero attached hydrogens (tertiary/aromatic N) is 2. The topological polar surface area (TPSA) is 37.8 Å². The molecule has 0 spiro atoms. The molecule has 1 saturated carbocycles. The van der Waals surface area contributed by atoms with Gasteiger partial charge in [-0.2, -0.15) is 0 Å².